The molecule has 0 radical (unpaired) electrons. The summed E-state index contributed by atoms with van der Waals surface area (Å²) in [7, 11) is 0. The van der Waals surface area contributed by atoms with Gasteiger partial charge >= 0.3 is 0 Å². The van der Waals surface area contributed by atoms with Gasteiger partial charge in [-0.1, -0.05) is 12.8 Å². The van der Waals surface area contributed by atoms with Gasteiger partial charge in [0.15, 0.2) is 0 Å². The van der Waals surface area contributed by atoms with Crippen molar-refractivity contribution in [3.05, 3.63) is 0 Å². The van der Waals surface area contributed by atoms with Gasteiger partial charge in [-0.25, -0.2) is 0 Å². The van der Waals surface area contributed by atoms with Gasteiger partial charge in [0, 0.05) is 18.8 Å². The predicted molar refractivity (Wildman–Crippen MR) is 55.9 cm³/mol. The van der Waals surface area contributed by atoms with Crippen LogP contribution in [0.1, 0.15) is 38.5 Å². The average Bonchev–Trinajstić information content (AvgIpc) is 2.89. The molecule has 2 saturated carbocycles. The minimum Gasteiger partial charge on any atom is -0.381 e. The Hall–Kier alpha value is -0.0800. The van der Waals surface area contributed by atoms with E-state index in [2.05, 4.69) is 0 Å². The summed E-state index contributed by atoms with van der Waals surface area (Å²) in [4.78, 5) is 0. The van der Waals surface area contributed by atoms with Crippen LogP contribution in [0, 0.1) is 17.8 Å². The van der Waals surface area contributed by atoms with Crippen LogP contribution >= 0.6 is 0 Å². The number of hydrogen-bond acceptors (Lipinski definition) is 2. The second-order valence-corrected chi connectivity index (χ2v) is 5.38. The fraction of sp³-hybridized carbons (Fsp3) is 1.00. The zero-order valence-electron chi connectivity index (χ0n) is 8.87. The molecule has 0 bridgehead atoms. The van der Waals surface area contributed by atoms with Crippen LogP contribution in [-0.4, -0.2) is 18.8 Å². The van der Waals surface area contributed by atoms with Gasteiger partial charge in [0.2, 0.25) is 0 Å². The van der Waals surface area contributed by atoms with E-state index in [4.69, 9.17) is 10.5 Å². The number of nitrogens with two attached hydrogens (primary N) is 1. The van der Waals surface area contributed by atoms with Crippen molar-refractivity contribution in [2.45, 2.75) is 44.1 Å². The fourth-order valence-electron chi connectivity index (χ4n) is 4.02. The topological polar surface area (TPSA) is 35.2 Å². The Balaban J connectivity index is 1.71. The lowest BCUT2D eigenvalue weighted by atomic mass is 9.87. The summed E-state index contributed by atoms with van der Waals surface area (Å²) in [6.07, 6.45) is 8.07. The van der Waals surface area contributed by atoms with Crippen molar-refractivity contribution in [3.63, 3.8) is 0 Å². The first-order chi connectivity index (χ1) is 6.83. The van der Waals surface area contributed by atoms with E-state index < -0.39 is 0 Å². The molecule has 0 aromatic rings. The van der Waals surface area contributed by atoms with Gasteiger partial charge in [-0.15, -0.1) is 0 Å². The van der Waals surface area contributed by atoms with E-state index in [1.165, 1.54) is 38.5 Å². The monoisotopic (exact) mass is 195 g/mol. The first-order valence-electron chi connectivity index (χ1n) is 6.20. The lowest BCUT2D eigenvalue weighted by Crippen LogP contribution is -2.39. The summed E-state index contributed by atoms with van der Waals surface area (Å²) in [5.41, 5.74) is 6.85. The molecule has 1 heterocycles. The van der Waals surface area contributed by atoms with Crippen molar-refractivity contribution in [1.29, 1.82) is 0 Å². The Morgan fingerprint density at radius 2 is 1.50 bits per heavy atom. The van der Waals surface area contributed by atoms with Crippen LogP contribution in [0.4, 0.5) is 0 Å². The zero-order valence-corrected chi connectivity index (χ0v) is 8.87. The largest absolute Gasteiger partial charge is 0.381 e. The summed E-state index contributed by atoms with van der Waals surface area (Å²) in [5, 5.41) is 0. The van der Waals surface area contributed by atoms with Gasteiger partial charge in [-0.3, -0.25) is 0 Å². The molecular formula is C12H21NO. The number of ether oxygens (including phenoxy) is 1. The highest BCUT2D eigenvalue weighted by Gasteiger charge is 2.64. The molecule has 2 aliphatic carbocycles. The zero-order chi connectivity index (χ0) is 9.60. The maximum atomic E-state index is 6.62. The minimum atomic E-state index is 0.236. The van der Waals surface area contributed by atoms with Gasteiger partial charge in [-0.05, 0) is 43.4 Å². The van der Waals surface area contributed by atoms with Gasteiger partial charge in [0.05, 0.1) is 0 Å². The first-order valence-corrected chi connectivity index (χ1v) is 6.20. The van der Waals surface area contributed by atoms with Crippen LogP contribution in [-0.2, 0) is 4.74 Å². The molecule has 1 aliphatic heterocycles. The predicted octanol–water partition coefficient (Wildman–Crippen LogP) is 1.93. The van der Waals surface area contributed by atoms with Crippen LogP contribution in [0.25, 0.3) is 0 Å². The van der Waals surface area contributed by atoms with E-state index in [0.29, 0.717) is 0 Å². The van der Waals surface area contributed by atoms with Crippen LogP contribution in [0.5, 0.6) is 0 Å². The van der Waals surface area contributed by atoms with Crippen LogP contribution in [0.3, 0.4) is 0 Å². The van der Waals surface area contributed by atoms with Gasteiger partial charge < -0.3 is 10.5 Å². The average molecular weight is 195 g/mol. The fourth-order valence-corrected chi connectivity index (χ4v) is 4.02. The normalized spacial score (nSPS) is 48.6. The van der Waals surface area contributed by atoms with E-state index in [0.717, 1.165) is 31.0 Å². The molecule has 14 heavy (non-hydrogen) atoms. The summed E-state index contributed by atoms with van der Waals surface area (Å²) in [6, 6.07) is 0. The third-order valence-electron chi connectivity index (χ3n) is 4.87. The molecule has 80 valence electrons. The van der Waals surface area contributed by atoms with E-state index >= 15 is 0 Å². The third kappa shape index (κ3) is 1.17. The lowest BCUT2D eigenvalue weighted by Gasteiger charge is -2.29. The molecule has 3 rings (SSSR count). The summed E-state index contributed by atoms with van der Waals surface area (Å²) < 4.78 is 5.42. The molecular weight excluding hydrogens is 174 g/mol. The molecule has 0 aromatic carbocycles. The van der Waals surface area contributed by atoms with Crippen molar-refractivity contribution < 1.29 is 4.74 Å². The van der Waals surface area contributed by atoms with Crippen LogP contribution in [0.2, 0.25) is 0 Å². The third-order valence-corrected chi connectivity index (χ3v) is 4.87. The van der Waals surface area contributed by atoms with Crippen LogP contribution in [0.15, 0.2) is 0 Å². The summed E-state index contributed by atoms with van der Waals surface area (Å²) in [6.45, 7) is 1.89. The lowest BCUT2D eigenvalue weighted by molar-refractivity contribution is 0.0513. The molecule has 3 aliphatic rings. The Morgan fingerprint density at radius 1 is 0.929 bits per heavy atom. The highest BCUT2D eigenvalue weighted by atomic mass is 16.5. The van der Waals surface area contributed by atoms with Crippen molar-refractivity contribution in [3.8, 4) is 0 Å². The van der Waals surface area contributed by atoms with Crippen molar-refractivity contribution in [2.75, 3.05) is 13.2 Å². The standard InChI is InChI=1S/C12H21NO/c13-12(9-5-7-14-8-6-9)10-3-1-2-4-11(10)12/h9-11H,1-8,13H2. The molecule has 1 saturated heterocycles. The highest BCUT2D eigenvalue weighted by molar-refractivity contribution is 5.19. The van der Waals surface area contributed by atoms with Crippen molar-refractivity contribution in [2.24, 2.45) is 23.5 Å². The Bertz CT molecular complexity index is 210. The molecule has 2 unspecified atom stereocenters. The van der Waals surface area contributed by atoms with Crippen LogP contribution < -0.4 is 5.73 Å². The SMILES string of the molecule is NC1(C2CCOCC2)C2CCCCC21. The minimum absolute atomic E-state index is 0.236. The quantitative estimate of drug-likeness (QED) is 0.694. The van der Waals surface area contributed by atoms with Gasteiger partial charge in [0.1, 0.15) is 0 Å². The van der Waals surface area contributed by atoms with E-state index in [1.807, 2.05) is 0 Å². The Morgan fingerprint density at radius 3 is 2.07 bits per heavy atom. The molecule has 3 fully saturated rings. The Labute approximate surface area is 86.2 Å². The number of hydrogen-bond donors (Lipinski definition) is 1. The second-order valence-electron chi connectivity index (χ2n) is 5.38. The van der Waals surface area contributed by atoms with E-state index in [9.17, 15) is 0 Å². The first kappa shape index (κ1) is 9.17. The molecule has 2 nitrogen and oxygen atoms in total. The molecule has 2 N–H and O–H groups in total. The number of fused-ring (bicyclic) bond motifs is 1. The molecule has 0 spiro atoms. The van der Waals surface area contributed by atoms with Gasteiger partial charge in [-0.2, -0.15) is 0 Å². The maximum Gasteiger partial charge on any atom is 0.0469 e. The summed E-state index contributed by atoms with van der Waals surface area (Å²) in [5.74, 6) is 2.52. The smallest absolute Gasteiger partial charge is 0.0469 e. The van der Waals surface area contributed by atoms with Gasteiger partial charge in [0.25, 0.3) is 0 Å². The molecule has 2 heteroatoms. The molecule has 0 aromatic heterocycles. The van der Waals surface area contributed by atoms with E-state index in [1.54, 1.807) is 0 Å². The summed E-state index contributed by atoms with van der Waals surface area (Å²) >= 11 is 0. The maximum absolute atomic E-state index is 6.62. The van der Waals surface area contributed by atoms with E-state index in [-0.39, 0.29) is 5.54 Å². The molecule has 2 atom stereocenters. The second kappa shape index (κ2) is 3.21. The molecule has 0 amide bonds. The highest BCUT2D eigenvalue weighted by Crippen LogP contribution is 2.61. The Kier molecular flexibility index (Phi) is 2.10. The number of rotatable bonds is 1. The van der Waals surface area contributed by atoms with Crippen molar-refractivity contribution in [1.82, 2.24) is 0 Å². The van der Waals surface area contributed by atoms with Crippen molar-refractivity contribution >= 4 is 0 Å².